The van der Waals surface area contributed by atoms with Crippen LogP contribution < -0.4 is 10.1 Å². The van der Waals surface area contributed by atoms with E-state index in [1.807, 2.05) is 20.2 Å². The van der Waals surface area contributed by atoms with Gasteiger partial charge < -0.3 is 15.0 Å². The number of halogens is 3. The minimum Gasteiger partial charge on any atom is -0.476 e. The fourth-order valence-corrected chi connectivity index (χ4v) is 3.67. The number of aromatic nitrogens is 2. The van der Waals surface area contributed by atoms with Gasteiger partial charge in [0, 0.05) is 18.5 Å². The van der Waals surface area contributed by atoms with Crippen molar-refractivity contribution < 1.29 is 17.9 Å². The molecule has 0 saturated carbocycles. The normalized spacial score (nSPS) is 12.0. The van der Waals surface area contributed by atoms with Crippen molar-refractivity contribution in [2.24, 2.45) is 0 Å². The first-order valence-corrected chi connectivity index (χ1v) is 9.54. The number of nitrogens with one attached hydrogen (secondary N) is 1. The molecule has 9 heteroatoms. The average molecular weight is 410 g/mol. The molecule has 2 heterocycles. The van der Waals surface area contributed by atoms with Crippen molar-refractivity contribution >= 4 is 27.5 Å². The molecule has 0 aliphatic carbocycles. The molecule has 28 heavy (non-hydrogen) atoms. The van der Waals surface area contributed by atoms with E-state index in [9.17, 15) is 13.2 Å². The lowest BCUT2D eigenvalue weighted by Crippen LogP contribution is -2.15. The molecular weight excluding hydrogens is 389 g/mol. The van der Waals surface area contributed by atoms with Crippen molar-refractivity contribution in [2.45, 2.75) is 12.6 Å². The van der Waals surface area contributed by atoms with Crippen LogP contribution in [0.2, 0.25) is 0 Å². The van der Waals surface area contributed by atoms with E-state index in [2.05, 4.69) is 20.2 Å². The summed E-state index contributed by atoms with van der Waals surface area (Å²) in [5.74, 6) is 0.920. The van der Waals surface area contributed by atoms with E-state index in [4.69, 9.17) is 4.74 Å². The molecule has 0 saturated heterocycles. The highest BCUT2D eigenvalue weighted by molar-refractivity contribution is 7.22. The predicted octanol–water partition coefficient (Wildman–Crippen LogP) is 4.75. The van der Waals surface area contributed by atoms with Gasteiger partial charge in [0.2, 0.25) is 11.8 Å². The summed E-state index contributed by atoms with van der Waals surface area (Å²) in [7, 11) is 5.72. The first kappa shape index (κ1) is 20.3. The number of hydrogen-bond donors (Lipinski definition) is 1. The quantitative estimate of drug-likeness (QED) is 0.570. The summed E-state index contributed by atoms with van der Waals surface area (Å²) in [6.07, 6.45) is -3.50. The van der Waals surface area contributed by atoms with Gasteiger partial charge in [-0.25, -0.2) is 4.98 Å². The smallest absolute Gasteiger partial charge is 0.416 e. The van der Waals surface area contributed by atoms with Gasteiger partial charge in [-0.05, 0) is 44.3 Å². The van der Waals surface area contributed by atoms with Gasteiger partial charge in [0.25, 0.3) is 0 Å². The Labute approximate surface area is 165 Å². The fourth-order valence-electron chi connectivity index (χ4n) is 2.63. The van der Waals surface area contributed by atoms with Crippen LogP contribution in [0.4, 0.5) is 19.1 Å². The van der Waals surface area contributed by atoms with Gasteiger partial charge in [0.15, 0.2) is 0 Å². The van der Waals surface area contributed by atoms with Crippen LogP contribution in [0.1, 0.15) is 12.0 Å². The SMILES string of the molecule is CNc1nc(OCCCN(C)C)c2sc(-c3ccc(C(F)(F)F)cc3)cc2n1. The number of fused-ring (bicyclic) bond motifs is 1. The third-order valence-electron chi connectivity index (χ3n) is 4.05. The number of hydrogen-bond acceptors (Lipinski definition) is 6. The second-order valence-corrected chi connectivity index (χ2v) is 7.56. The fraction of sp³-hybridized carbons (Fsp3) is 0.368. The van der Waals surface area contributed by atoms with E-state index in [0.717, 1.165) is 34.7 Å². The molecule has 0 bridgehead atoms. The van der Waals surface area contributed by atoms with Crippen molar-refractivity contribution in [3.05, 3.63) is 35.9 Å². The van der Waals surface area contributed by atoms with Crippen molar-refractivity contribution in [3.8, 4) is 16.3 Å². The summed E-state index contributed by atoms with van der Waals surface area (Å²) in [5, 5.41) is 2.91. The maximum absolute atomic E-state index is 12.8. The van der Waals surface area contributed by atoms with E-state index >= 15 is 0 Å². The summed E-state index contributed by atoms with van der Waals surface area (Å²) >= 11 is 1.40. The van der Waals surface area contributed by atoms with Crippen molar-refractivity contribution in [1.82, 2.24) is 14.9 Å². The zero-order chi connectivity index (χ0) is 20.3. The predicted molar refractivity (Wildman–Crippen MR) is 106 cm³/mol. The zero-order valence-corrected chi connectivity index (χ0v) is 16.6. The monoisotopic (exact) mass is 410 g/mol. The van der Waals surface area contributed by atoms with Crippen LogP contribution in [0.15, 0.2) is 30.3 Å². The summed E-state index contributed by atoms with van der Waals surface area (Å²) in [6, 6.07) is 6.96. The van der Waals surface area contributed by atoms with E-state index in [0.29, 0.717) is 29.5 Å². The Hall–Kier alpha value is -2.39. The number of thiophene rings is 1. The lowest BCUT2D eigenvalue weighted by atomic mass is 10.1. The van der Waals surface area contributed by atoms with E-state index in [1.54, 1.807) is 7.05 Å². The van der Waals surface area contributed by atoms with E-state index in [1.165, 1.54) is 23.5 Å². The largest absolute Gasteiger partial charge is 0.476 e. The first-order chi connectivity index (χ1) is 13.3. The molecule has 1 aromatic carbocycles. The highest BCUT2D eigenvalue weighted by Crippen LogP contribution is 2.38. The maximum Gasteiger partial charge on any atom is 0.416 e. The number of benzene rings is 1. The molecule has 0 amide bonds. The molecule has 0 aliphatic heterocycles. The van der Waals surface area contributed by atoms with Gasteiger partial charge in [-0.1, -0.05) is 12.1 Å². The molecule has 0 aliphatic rings. The van der Waals surface area contributed by atoms with Gasteiger partial charge in [-0.3, -0.25) is 0 Å². The van der Waals surface area contributed by atoms with Gasteiger partial charge >= 0.3 is 6.18 Å². The topological polar surface area (TPSA) is 50.3 Å². The Bertz CT molecular complexity index is 939. The minimum atomic E-state index is -4.35. The molecule has 0 spiro atoms. The average Bonchev–Trinajstić information content (AvgIpc) is 3.08. The van der Waals surface area contributed by atoms with Crippen LogP contribution in [0.3, 0.4) is 0 Å². The zero-order valence-electron chi connectivity index (χ0n) is 15.8. The molecule has 3 rings (SSSR count). The summed E-state index contributed by atoms with van der Waals surface area (Å²) < 4.78 is 45.0. The minimum absolute atomic E-state index is 0.437. The first-order valence-electron chi connectivity index (χ1n) is 8.72. The number of anilines is 1. The Morgan fingerprint density at radius 1 is 1.14 bits per heavy atom. The number of rotatable bonds is 7. The van der Waals surface area contributed by atoms with Crippen LogP contribution in [-0.4, -0.2) is 49.2 Å². The van der Waals surface area contributed by atoms with Crippen molar-refractivity contribution in [1.29, 1.82) is 0 Å². The lowest BCUT2D eigenvalue weighted by molar-refractivity contribution is -0.137. The Balaban J connectivity index is 1.90. The molecule has 0 atom stereocenters. The second-order valence-electron chi connectivity index (χ2n) is 6.51. The van der Waals surface area contributed by atoms with Gasteiger partial charge in [0.1, 0.15) is 4.70 Å². The Morgan fingerprint density at radius 2 is 1.86 bits per heavy atom. The van der Waals surface area contributed by atoms with Gasteiger partial charge in [-0.15, -0.1) is 11.3 Å². The van der Waals surface area contributed by atoms with Crippen LogP contribution in [0.25, 0.3) is 20.7 Å². The Morgan fingerprint density at radius 3 is 2.46 bits per heavy atom. The summed E-state index contributed by atoms with van der Waals surface area (Å²) in [5.41, 5.74) is 0.724. The molecule has 1 N–H and O–H groups in total. The third-order valence-corrected chi connectivity index (χ3v) is 5.21. The van der Waals surface area contributed by atoms with Crippen LogP contribution in [0, 0.1) is 0 Å². The molecule has 0 fully saturated rings. The highest BCUT2D eigenvalue weighted by atomic mass is 32.1. The van der Waals surface area contributed by atoms with Crippen molar-refractivity contribution in [3.63, 3.8) is 0 Å². The van der Waals surface area contributed by atoms with Gasteiger partial charge in [0.05, 0.1) is 17.7 Å². The van der Waals surface area contributed by atoms with Crippen molar-refractivity contribution in [2.75, 3.05) is 39.6 Å². The molecule has 0 radical (unpaired) electrons. The molecule has 5 nitrogen and oxygen atoms in total. The standard InChI is InChI=1S/C19H21F3N4OS/c1-23-18-24-14-11-15(12-5-7-13(8-6-12)19(20,21)22)28-16(14)17(25-18)27-10-4-9-26(2)3/h5-8,11H,4,9-10H2,1-3H3,(H,23,24,25). The molecule has 150 valence electrons. The summed E-state index contributed by atoms with van der Waals surface area (Å²) in [6.45, 7) is 1.41. The van der Waals surface area contributed by atoms with Crippen LogP contribution in [-0.2, 0) is 6.18 Å². The van der Waals surface area contributed by atoms with Crippen LogP contribution >= 0.6 is 11.3 Å². The third kappa shape index (κ3) is 4.71. The molecule has 3 aromatic rings. The number of ether oxygens (including phenoxy) is 1. The molecule has 2 aromatic heterocycles. The molecular formula is C19H21F3N4OS. The maximum atomic E-state index is 12.8. The van der Waals surface area contributed by atoms with Crippen LogP contribution in [0.5, 0.6) is 5.88 Å². The Kier molecular flexibility index (Phi) is 6.04. The van der Waals surface area contributed by atoms with E-state index < -0.39 is 11.7 Å². The second kappa shape index (κ2) is 8.32. The summed E-state index contributed by atoms with van der Waals surface area (Å²) in [4.78, 5) is 11.7. The number of alkyl halides is 3. The number of nitrogens with zero attached hydrogens (tertiary/aromatic N) is 3. The van der Waals surface area contributed by atoms with E-state index in [-0.39, 0.29) is 0 Å². The molecule has 0 unspecified atom stereocenters. The lowest BCUT2D eigenvalue weighted by Gasteiger charge is -2.10. The highest BCUT2D eigenvalue weighted by Gasteiger charge is 2.30. The van der Waals surface area contributed by atoms with Gasteiger partial charge in [-0.2, -0.15) is 18.2 Å².